The molecule has 55 heavy (non-hydrogen) atoms. The summed E-state index contributed by atoms with van der Waals surface area (Å²) in [6.07, 6.45) is 0. The van der Waals surface area contributed by atoms with E-state index in [0.717, 1.165) is 49.8 Å². The maximum atomic E-state index is 6.57. The summed E-state index contributed by atoms with van der Waals surface area (Å²) in [5.41, 5.74) is 14.6. The molecular weight excluding hydrogens is 667 g/mol. The van der Waals surface area contributed by atoms with Gasteiger partial charge in [-0.1, -0.05) is 176 Å². The molecular formula is C53H35NO. The number of anilines is 3. The molecule has 0 bridgehead atoms. The normalized spacial score (nSPS) is 12.9. The molecule has 0 fully saturated rings. The summed E-state index contributed by atoms with van der Waals surface area (Å²) >= 11 is 0. The number of benzene rings is 9. The van der Waals surface area contributed by atoms with Gasteiger partial charge in [-0.2, -0.15) is 0 Å². The molecule has 0 saturated carbocycles. The van der Waals surface area contributed by atoms with Crippen molar-refractivity contribution in [3.05, 3.63) is 235 Å². The van der Waals surface area contributed by atoms with Crippen molar-refractivity contribution >= 4 is 49.8 Å². The van der Waals surface area contributed by atoms with Crippen LogP contribution < -0.4 is 4.90 Å². The number of nitrogens with zero attached hydrogens (tertiary/aromatic N) is 1. The summed E-state index contributed by atoms with van der Waals surface area (Å²) in [5.74, 6) is 0. The first-order valence-corrected chi connectivity index (χ1v) is 18.9. The van der Waals surface area contributed by atoms with Crippen molar-refractivity contribution < 1.29 is 4.42 Å². The minimum Gasteiger partial charge on any atom is -0.455 e. The first-order chi connectivity index (χ1) is 27.3. The number of furan rings is 1. The van der Waals surface area contributed by atoms with E-state index in [-0.39, 0.29) is 0 Å². The van der Waals surface area contributed by atoms with E-state index in [9.17, 15) is 0 Å². The highest BCUT2D eigenvalue weighted by Gasteiger charge is 2.46. The monoisotopic (exact) mass is 701 g/mol. The third-order valence-electron chi connectivity index (χ3n) is 11.5. The summed E-state index contributed by atoms with van der Waals surface area (Å²) in [7, 11) is 0. The van der Waals surface area contributed by atoms with Crippen molar-refractivity contribution in [1.82, 2.24) is 0 Å². The fourth-order valence-electron chi connectivity index (χ4n) is 9.16. The van der Waals surface area contributed by atoms with Gasteiger partial charge in [-0.15, -0.1) is 0 Å². The lowest BCUT2D eigenvalue weighted by Crippen LogP contribution is -2.28. The van der Waals surface area contributed by atoms with E-state index in [4.69, 9.17) is 4.42 Å². The molecule has 9 aromatic carbocycles. The maximum Gasteiger partial charge on any atom is 0.143 e. The molecule has 11 rings (SSSR count). The largest absolute Gasteiger partial charge is 0.455 e. The molecule has 258 valence electrons. The highest BCUT2D eigenvalue weighted by atomic mass is 16.3. The van der Waals surface area contributed by atoms with Crippen molar-refractivity contribution in [3.8, 4) is 22.3 Å². The van der Waals surface area contributed by atoms with Gasteiger partial charge in [0, 0.05) is 32.9 Å². The topological polar surface area (TPSA) is 16.4 Å². The molecule has 0 unspecified atom stereocenters. The van der Waals surface area contributed by atoms with Crippen molar-refractivity contribution in [3.63, 3.8) is 0 Å². The summed E-state index contributed by atoms with van der Waals surface area (Å²) in [6.45, 7) is 0. The van der Waals surface area contributed by atoms with Gasteiger partial charge < -0.3 is 9.32 Å². The lowest BCUT2D eigenvalue weighted by atomic mass is 9.67. The third-order valence-corrected chi connectivity index (χ3v) is 11.5. The Labute approximate surface area is 320 Å². The van der Waals surface area contributed by atoms with Crippen LogP contribution in [0.4, 0.5) is 17.1 Å². The van der Waals surface area contributed by atoms with Gasteiger partial charge in [-0.05, 0) is 80.9 Å². The van der Waals surface area contributed by atoms with Crippen LogP contribution in [-0.2, 0) is 5.41 Å². The smallest absolute Gasteiger partial charge is 0.143 e. The van der Waals surface area contributed by atoms with E-state index in [2.05, 4.69) is 211 Å². The standard InChI is InChI=1S/C53H35NO/c1-3-16-36(17-4-1)37-30-32-40(33-31-37)54(50-35-47-45-25-11-14-29-51(45)55-52(47)46-26-8-7-24-44(46)50)41-21-15-20-39(34-41)53(38-18-5-2-6-19-38)48-27-12-9-22-42(48)43-23-10-13-28-49(43)53/h1-35H. The van der Waals surface area contributed by atoms with Crippen molar-refractivity contribution in [2.45, 2.75) is 5.41 Å². The van der Waals surface area contributed by atoms with E-state index >= 15 is 0 Å². The van der Waals surface area contributed by atoms with Gasteiger partial charge in [0.1, 0.15) is 11.2 Å². The van der Waals surface area contributed by atoms with E-state index in [1.807, 2.05) is 6.07 Å². The van der Waals surface area contributed by atoms with Crippen LogP contribution in [-0.4, -0.2) is 0 Å². The van der Waals surface area contributed by atoms with Gasteiger partial charge in [-0.3, -0.25) is 0 Å². The SMILES string of the molecule is c1ccc(-c2ccc(N(c3cccc(C4(c5ccccc5)c5ccccc5-c5ccccc54)c3)c3cc4c5ccccc5oc4c4ccccc34)cc2)cc1. The Morgan fingerprint density at radius 3 is 1.65 bits per heavy atom. The van der Waals surface area contributed by atoms with Gasteiger partial charge in [0.05, 0.1) is 11.1 Å². The van der Waals surface area contributed by atoms with Crippen LogP contribution in [0.15, 0.2) is 217 Å². The summed E-state index contributed by atoms with van der Waals surface area (Å²) in [4.78, 5) is 2.44. The van der Waals surface area contributed by atoms with Crippen LogP contribution in [0.5, 0.6) is 0 Å². The molecule has 2 nitrogen and oxygen atoms in total. The van der Waals surface area contributed by atoms with Crippen LogP contribution in [0.3, 0.4) is 0 Å². The van der Waals surface area contributed by atoms with E-state index in [1.165, 1.54) is 44.5 Å². The second-order valence-corrected chi connectivity index (χ2v) is 14.4. The fourth-order valence-corrected chi connectivity index (χ4v) is 9.16. The second kappa shape index (κ2) is 12.5. The molecule has 1 heterocycles. The number of para-hydroxylation sites is 1. The zero-order valence-corrected chi connectivity index (χ0v) is 30.1. The predicted octanol–water partition coefficient (Wildman–Crippen LogP) is 14.2. The second-order valence-electron chi connectivity index (χ2n) is 14.4. The van der Waals surface area contributed by atoms with Crippen molar-refractivity contribution in [1.29, 1.82) is 0 Å². The van der Waals surface area contributed by atoms with Gasteiger partial charge in [0.25, 0.3) is 0 Å². The molecule has 0 atom stereocenters. The van der Waals surface area contributed by atoms with Crippen LogP contribution in [0.2, 0.25) is 0 Å². The fraction of sp³-hybridized carbons (Fsp3) is 0.0189. The zero-order valence-electron chi connectivity index (χ0n) is 30.1. The molecule has 0 aliphatic heterocycles. The number of hydrogen-bond acceptors (Lipinski definition) is 2. The Balaban J connectivity index is 1.20. The van der Waals surface area contributed by atoms with Crippen LogP contribution >= 0.6 is 0 Å². The molecule has 2 heteroatoms. The van der Waals surface area contributed by atoms with E-state index < -0.39 is 5.41 Å². The molecule has 0 N–H and O–H groups in total. The number of rotatable bonds is 6. The molecule has 0 spiro atoms. The van der Waals surface area contributed by atoms with Gasteiger partial charge in [0.2, 0.25) is 0 Å². The third kappa shape index (κ3) is 4.75. The minimum atomic E-state index is -0.514. The summed E-state index contributed by atoms with van der Waals surface area (Å²) < 4.78 is 6.57. The number of fused-ring (bicyclic) bond motifs is 8. The summed E-state index contributed by atoms with van der Waals surface area (Å²) in [6, 6.07) is 77.1. The molecule has 1 aliphatic rings. The minimum absolute atomic E-state index is 0.514. The van der Waals surface area contributed by atoms with Crippen molar-refractivity contribution in [2.75, 3.05) is 4.90 Å². The van der Waals surface area contributed by atoms with Gasteiger partial charge >= 0.3 is 0 Å². The zero-order chi connectivity index (χ0) is 36.3. The lowest BCUT2D eigenvalue weighted by molar-refractivity contribution is 0.672. The van der Waals surface area contributed by atoms with E-state index in [0.29, 0.717) is 0 Å². The first kappa shape index (κ1) is 31.4. The Morgan fingerprint density at radius 2 is 0.927 bits per heavy atom. The Kier molecular flexibility index (Phi) is 7.11. The van der Waals surface area contributed by atoms with Gasteiger partial charge in [0.15, 0.2) is 0 Å². The lowest BCUT2D eigenvalue weighted by Gasteiger charge is -2.35. The molecule has 1 aromatic heterocycles. The predicted molar refractivity (Wildman–Crippen MR) is 229 cm³/mol. The van der Waals surface area contributed by atoms with Crippen LogP contribution in [0.25, 0.3) is 55.0 Å². The Hall–Kier alpha value is -7.16. The number of hydrogen-bond donors (Lipinski definition) is 0. The maximum absolute atomic E-state index is 6.57. The van der Waals surface area contributed by atoms with Crippen LogP contribution in [0.1, 0.15) is 22.3 Å². The molecule has 10 aromatic rings. The van der Waals surface area contributed by atoms with Gasteiger partial charge in [-0.25, -0.2) is 0 Å². The molecule has 1 aliphatic carbocycles. The quantitative estimate of drug-likeness (QED) is 0.172. The first-order valence-electron chi connectivity index (χ1n) is 18.9. The highest BCUT2D eigenvalue weighted by Crippen LogP contribution is 2.57. The molecule has 0 amide bonds. The molecule has 0 radical (unpaired) electrons. The highest BCUT2D eigenvalue weighted by molar-refractivity contribution is 6.19. The average Bonchev–Trinajstić information content (AvgIpc) is 3.79. The summed E-state index contributed by atoms with van der Waals surface area (Å²) in [5, 5.41) is 4.43. The van der Waals surface area contributed by atoms with Crippen LogP contribution in [0, 0.1) is 0 Å². The van der Waals surface area contributed by atoms with Crippen molar-refractivity contribution in [2.24, 2.45) is 0 Å². The molecule has 0 saturated heterocycles. The Morgan fingerprint density at radius 1 is 0.364 bits per heavy atom. The average molecular weight is 702 g/mol. The Bertz CT molecular complexity index is 2990. The van der Waals surface area contributed by atoms with E-state index in [1.54, 1.807) is 0 Å².